The van der Waals surface area contributed by atoms with Crippen molar-refractivity contribution in [3.05, 3.63) is 41.1 Å². The van der Waals surface area contributed by atoms with Gasteiger partial charge in [0.05, 0.1) is 38.8 Å². The Labute approximate surface area is 196 Å². The van der Waals surface area contributed by atoms with Crippen LogP contribution in [0.5, 0.6) is 5.88 Å². The molecule has 0 amide bonds. The molecule has 180 valence electrons. The van der Waals surface area contributed by atoms with E-state index in [-0.39, 0.29) is 18.1 Å². The van der Waals surface area contributed by atoms with Crippen molar-refractivity contribution in [1.82, 2.24) is 9.88 Å². The number of methoxy groups -OCH3 is 1. The molecule has 1 aromatic carbocycles. The highest BCUT2D eigenvalue weighted by molar-refractivity contribution is 7.92. The average Bonchev–Trinajstić information content (AvgIpc) is 3.21. The van der Waals surface area contributed by atoms with E-state index in [1.165, 1.54) is 23.8 Å². The standard InChI is InChI=1S/C24H33N3O5S/c1-16-12-27(13-17(2)32-16)7-5-6-18-8-19(9-21-14-31-15-22(18)21)20-10-23(26-33(4,28)29)24(30-3)25-11-20/h8-11,16-17,26H,5-7,12-15H2,1-4H3/t16-,17+. The molecule has 2 aliphatic heterocycles. The Morgan fingerprint density at radius 1 is 1.15 bits per heavy atom. The molecule has 0 bridgehead atoms. The van der Waals surface area contributed by atoms with Gasteiger partial charge in [-0.15, -0.1) is 0 Å². The number of rotatable bonds is 8. The number of hydrogen-bond donors (Lipinski definition) is 1. The van der Waals surface area contributed by atoms with Gasteiger partial charge in [-0.2, -0.15) is 0 Å². The molecule has 9 heteroatoms. The summed E-state index contributed by atoms with van der Waals surface area (Å²) in [5.74, 6) is 0.239. The van der Waals surface area contributed by atoms with Gasteiger partial charge in [0.15, 0.2) is 0 Å². The van der Waals surface area contributed by atoms with Gasteiger partial charge in [-0.3, -0.25) is 9.62 Å². The van der Waals surface area contributed by atoms with Crippen molar-refractivity contribution in [2.24, 2.45) is 0 Å². The van der Waals surface area contributed by atoms with E-state index in [2.05, 4.69) is 40.6 Å². The van der Waals surface area contributed by atoms with Crippen LogP contribution in [0.1, 0.15) is 37.0 Å². The number of morpholine rings is 1. The Kier molecular flexibility index (Phi) is 7.23. The van der Waals surface area contributed by atoms with Gasteiger partial charge in [0, 0.05) is 24.8 Å². The number of fused-ring (bicyclic) bond motifs is 1. The van der Waals surface area contributed by atoms with Crippen molar-refractivity contribution in [2.75, 3.05) is 37.7 Å². The first kappa shape index (κ1) is 23.9. The van der Waals surface area contributed by atoms with Crippen LogP contribution >= 0.6 is 0 Å². The van der Waals surface area contributed by atoms with E-state index in [9.17, 15) is 8.42 Å². The van der Waals surface area contributed by atoms with Gasteiger partial charge in [0.25, 0.3) is 0 Å². The van der Waals surface area contributed by atoms with E-state index in [1.54, 1.807) is 12.3 Å². The SMILES string of the molecule is COc1ncc(-c2cc(CCCN3C[C@@H](C)O[C@@H](C)C3)c3c(c2)COC3)cc1NS(C)(=O)=O. The van der Waals surface area contributed by atoms with Gasteiger partial charge >= 0.3 is 0 Å². The molecule has 2 aromatic rings. The summed E-state index contributed by atoms with van der Waals surface area (Å²) in [5, 5.41) is 0. The summed E-state index contributed by atoms with van der Waals surface area (Å²) in [6, 6.07) is 6.07. The Balaban J connectivity index is 1.56. The highest BCUT2D eigenvalue weighted by atomic mass is 32.2. The Bertz CT molecular complexity index is 1100. The molecule has 0 radical (unpaired) electrons. The van der Waals surface area contributed by atoms with Gasteiger partial charge in [0.1, 0.15) is 5.69 Å². The number of nitrogens with one attached hydrogen (secondary N) is 1. The summed E-state index contributed by atoms with van der Waals surface area (Å²) in [6.07, 6.45) is 5.37. The van der Waals surface area contributed by atoms with Gasteiger partial charge in [-0.05, 0) is 67.6 Å². The monoisotopic (exact) mass is 475 g/mol. The molecule has 33 heavy (non-hydrogen) atoms. The van der Waals surface area contributed by atoms with Crippen LogP contribution in [-0.4, -0.2) is 63.5 Å². The number of benzene rings is 1. The predicted octanol–water partition coefficient (Wildman–Crippen LogP) is 3.20. The molecule has 2 atom stereocenters. The van der Waals surface area contributed by atoms with Crippen molar-refractivity contribution in [3.63, 3.8) is 0 Å². The van der Waals surface area contributed by atoms with Crippen LogP contribution in [0.4, 0.5) is 5.69 Å². The van der Waals surface area contributed by atoms with Crippen LogP contribution in [-0.2, 0) is 39.1 Å². The van der Waals surface area contributed by atoms with Crippen LogP contribution in [0.3, 0.4) is 0 Å². The van der Waals surface area contributed by atoms with Gasteiger partial charge in [0.2, 0.25) is 15.9 Å². The first-order valence-corrected chi connectivity index (χ1v) is 13.2. The summed E-state index contributed by atoms with van der Waals surface area (Å²) >= 11 is 0. The molecule has 0 unspecified atom stereocenters. The van der Waals surface area contributed by atoms with Gasteiger partial charge in [-0.1, -0.05) is 6.07 Å². The number of aryl methyl sites for hydroxylation is 1. The second kappa shape index (κ2) is 9.97. The van der Waals surface area contributed by atoms with Crippen molar-refractivity contribution >= 4 is 15.7 Å². The molecular formula is C24H33N3O5S. The normalized spacial score (nSPS) is 21.1. The minimum atomic E-state index is -3.46. The lowest BCUT2D eigenvalue weighted by Crippen LogP contribution is -2.45. The molecule has 8 nitrogen and oxygen atoms in total. The molecule has 1 aromatic heterocycles. The van der Waals surface area contributed by atoms with E-state index < -0.39 is 10.0 Å². The number of hydrogen-bond acceptors (Lipinski definition) is 7. The number of nitrogens with zero attached hydrogens (tertiary/aromatic N) is 2. The first-order valence-electron chi connectivity index (χ1n) is 11.3. The second-order valence-electron chi connectivity index (χ2n) is 9.04. The Morgan fingerprint density at radius 3 is 2.61 bits per heavy atom. The fourth-order valence-electron chi connectivity index (χ4n) is 4.77. The van der Waals surface area contributed by atoms with Crippen molar-refractivity contribution in [3.8, 4) is 17.0 Å². The van der Waals surface area contributed by atoms with E-state index in [1.807, 2.05) is 0 Å². The van der Waals surface area contributed by atoms with Crippen molar-refractivity contribution in [2.45, 2.75) is 52.1 Å². The first-order chi connectivity index (χ1) is 15.7. The lowest BCUT2D eigenvalue weighted by molar-refractivity contribution is -0.0680. The molecule has 3 heterocycles. The summed E-state index contributed by atoms with van der Waals surface area (Å²) < 4.78 is 42.9. The quantitative estimate of drug-likeness (QED) is 0.627. The molecular weight excluding hydrogens is 442 g/mol. The van der Waals surface area contributed by atoms with Crippen LogP contribution < -0.4 is 9.46 Å². The zero-order valence-electron chi connectivity index (χ0n) is 19.8. The molecule has 1 fully saturated rings. The summed E-state index contributed by atoms with van der Waals surface area (Å²) in [4.78, 5) is 6.80. The molecule has 0 aliphatic carbocycles. The molecule has 0 saturated carbocycles. The number of ether oxygens (including phenoxy) is 3. The zero-order valence-corrected chi connectivity index (χ0v) is 20.6. The third-order valence-corrected chi connectivity index (χ3v) is 6.62. The highest BCUT2D eigenvalue weighted by Gasteiger charge is 2.23. The lowest BCUT2D eigenvalue weighted by atomic mass is 9.94. The smallest absolute Gasteiger partial charge is 0.238 e. The fourth-order valence-corrected chi connectivity index (χ4v) is 5.32. The number of aromatic nitrogens is 1. The van der Waals surface area contributed by atoms with Crippen molar-refractivity contribution in [1.29, 1.82) is 0 Å². The van der Waals surface area contributed by atoms with Gasteiger partial charge < -0.3 is 14.2 Å². The van der Waals surface area contributed by atoms with Crippen LogP contribution in [0.2, 0.25) is 0 Å². The molecule has 4 rings (SSSR count). The third-order valence-electron chi connectivity index (χ3n) is 6.03. The van der Waals surface area contributed by atoms with E-state index in [0.29, 0.717) is 18.9 Å². The molecule has 1 N–H and O–H groups in total. The third kappa shape index (κ3) is 6.03. The summed E-state index contributed by atoms with van der Waals surface area (Å²) in [7, 11) is -1.99. The maximum absolute atomic E-state index is 11.8. The van der Waals surface area contributed by atoms with Crippen molar-refractivity contribution < 1.29 is 22.6 Å². The van der Waals surface area contributed by atoms with E-state index in [4.69, 9.17) is 14.2 Å². The minimum Gasteiger partial charge on any atom is -0.480 e. The summed E-state index contributed by atoms with van der Waals surface area (Å²) in [6.45, 7) is 8.46. The molecule has 2 aliphatic rings. The molecule has 0 spiro atoms. The van der Waals surface area contributed by atoms with Gasteiger partial charge in [-0.25, -0.2) is 13.4 Å². The highest BCUT2D eigenvalue weighted by Crippen LogP contribution is 2.34. The maximum atomic E-state index is 11.8. The Hall–Kier alpha value is -2.20. The van der Waals surface area contributed by atoms with Crippen LogP contribution in [0, 0.1) is 0 Å². The molecule has 1 saturated heterocycles. The fraction of sp³-hybridized carbons (Fsp3) is 0.542. The largest absolute Gasteiger partial charge is 0.480 e. The second-order valence-corrected chi connectivity index (χ2v) is 10.8. The topological polar surface area (TPSA) is 90.0 Å². The number of anilines is 1. The Morgan fingerprint density at radius 2 is 1.91 bits per heavy atom. The van der Waals surface area contributed by atoms with Crippen LogP contribution in [0.15, 0.2) is 24.4 Å². The zero-order chi connectivity index (χ0) is 23.6. The predicted molar refractivity (Wildman–Crippen MR) is 128 cm³/mol. The maximum Gasteiger partial charge on any atom is 0.238 e. The van der Waals surface area contributed by atoms with Crippen LogP contribution in [0.25, 0.3) is 11.1 Å². The number of sulfonamides is 1. The minimum absolute atomic E-state index is 0.239. The van der Waals surface area contributed by atoms with E-state index in [0.717, 1.165) is 49.9 Å². The number of pyridine rings is 1. The lowest BCUT2D eigenvalue weighted by Gasteiger charge is -2.35. The van der Waals surface area contributed by atoms with E-state index >= 15 is 0 Å². The summed E-state index contributed by atoms with van der Waals surface area (Å²) in [5.41, 5.74) is 5.89. The average molecular weight is 476 g/mol.